The molecule has 1 aromatic heterocycles. The number of hydrogen-bond acceptors (Lipinski definition) is 3. The first kappa shape index (κ1) is 26.9. The van der Waals surface area contributed by atoms with E-state index in [4.69, 9.17) is 4.98 Å². The fourth-order valence-electron chi connectivity index (χ4n) is 4.71. The number of benzene rings is 2. The largest absolute Gasteiger partial charge is 0.331 e. The van der Waals surface area contributed by atoms with Gasteiger partial charge < -0.3 is 9.47 Å². The Bertz CT molecular complexity index is 1100. The number of carbonyl (C=O) groups excluding carboxylic acids is 1. The quantitative estimate of drug-likeness (QED) is 0.280. The van der Waals surface area contributed by atoms with Gasteiger partial charge in [0.05, 0.1) is 17.6 Å². The number of rotatable bonds is 13. The Hall–Kier alpha value is -2.73. The van der Waals surface area contributed by atoms with E-state index in [1.54, 1.807) is 17.0 Å². The molecule has 0 radical (unpaired) electrons. The average Bonchev–Trinajstić information content (AvgIpc) is 3.14. The summed E-state index contributed by atoms with van der Waals surface area (Å²) >= 11 is 0. The summed E-state index contributed by atoms with van der Waals surface area (Å²) in [6.07, 6.45) is 3.26. The van der Waals surface area contributed by atoms with Crippen molar-refractivity contribution in [2.75, 3.05) is 19.6 Å². The minimum Gasteiger partial charge on any atom is -0.331 e. The zero-order valence-corrected chi connectivity index (χ0v) is 22.1. The van der Waals surface area contributed by atoms with Crippen molar-refractivity contribution in [2.24, 2.45) is 5.92 Å². The lowest BCUT2D eigenvalue weighted by atomic mass is 10.1. The lowest BCUT2D eigenvalue weighted by Gasteiger charge is -2.25. The van der Waals surface area contributed by atoms with E-state index in [9.17, 15) is 9.18 Å². The van der Waals surface area contributed by atoms with E-state index >= 15 is 0 Å². The molecule has 5 nitrogen and oxygen atoms in total. The molecule has 0 bridgehead atoms. The first-order valence-corrected chi connectivity index (χ1v) is 13.1. The highest BCUT2D eigenvalue weighted by atomic mass is 19.1. The van der Waals surface area contributed by atoms with E-state index in [1.807, 2.05) is 0 Å². The number of hydrogen-bond donors (Lipinski definition) is 0. The second-order valence-corrected chi connectivity index (χ2v) is 9.87. The van der Waals surface area contributed by atoms with Crippen LogP contribution in [0.2, 0.25) is 0 Å². The molecule has 0 saturated heterocycles. The lowest BCUT2D eigenvalue weighted by Crippen LogP contribution is -2.34. The molecule has 0 aliphatic rings. The van der Waals surface area contributed by atoms with Crippen LogP contribution in [0, 0.1) is 11.7 Å². The van der Waals surface area contributed by atoms with E-state index in [-0.39, 0.29) is 11.8 Å². The van der Waals surface area contributed by atoms with Gasteiger partial charge in [-0.15, -0.1) is 0 Å². The van der Waals surface area contributed by atoms with Crippen LogP contribution in [0.1, 0.15) is 75.6 Å². The summed E-state index contributed by atoms with van der Waals surface area (Å²) in [6.45, 7) is 15.7. The van der Waals surface area contributed by atoms with Crippen molar-refractivity contribution >= 4 is 16.9 Å². The molecule has 0 atom stereocenters. The van der Waals surface area contributed by atoms with Gasteiger partial charge in [-0.2, -0.15) is 0 Å². The number of fused-ring (bicyclic) bond motifs is 1. The van der Waals surface area contributed by atoms with Crippen molar-refractivity contribution < 1.29 is 9.18 Å². The number of halogens is 1. The second-order valence-electron chi connectivity index (χ2n) is 9.87. The third-order valence-electron chi connectivity index (χ3n) is 6.10. The average molecular weight is 481 g/mol. The van der Waals surface area contributed by atoms with Gasteiger partial charge in [0.1, 0.15) is 11.6 Å². The molecule has 0 aliphatic carbocycles. The van der Waals surface area contributed by atoms with E-state index in [0.717, 1.165) is 62.3 Å². The molecule has 0 spiro atoms. The normalized spacial score (nSPS) is 11.7. The van der Waals surface area contributed by atoms with E-state index in [2.05, 4.69) is 62.3 Å². The van der Waals surface area contributed by atoms with Crippen molar-refractivity contribution in [2.45, 2.75) is 73.5 Å². The van der Waals surface area contributed by atoms with Crippen LogP contribution in [0.5, 0.6) is 0 Å². The topological polar surface area (TPSA) is 41.4 Å². The Balaban J connectivity index is 1.93. The number of aryl methyl sites for hydroxylation is 1. The molecule has 0 N–H and O–H groups in total. The molecule has 3 rings (SSSR count). The zero-order chi connectivity index (χ0) is 25.4. The number of nitrogens with zero attached hydrogens (tertiary/aromatic N) is 4. The monoisotopic (exact) mass is 480 g/mol. The molecule has 0 unspecified atom stereocenters. The Morgan fingerprint density at radius 3 is 2.37 bits per heavy atom. The van der Waals surface area contributed by atoms with Gasteiger partial charge in [-0.3, -0.25) is 9.69 Å². The third kappa shape index (κ3) is 7.14. The smallest absolute Gasteiger partial charge is 0.254 e. The molecule has 6 heteroatoms. The Morgan fingerprint density at radius 1 is 1.00 bits per heavy atom. The Kier molecular flexibility index (Phi) is 9.84. The standard InChI is InChI=1S/C29H41FN4O/c1-6-14-32(15-7-2)20-23-12-13-27-26(17-23)31-28(34(27)16-8-3)21-33(19-22(4)5)29(35)24-10-9-11-25(30)18-24/h9-13,17-18,22H,6-8,14-16,19-21H2,1-5H3. The van der Waals surface area contributed by atoms with Crippen LogP contribution in [0.15, 0.2) is 42.5 Å². The lowest BCUT2D eigenvalue weighted by molar-refractivity contribution is 0.0715. The van der Waals surface area contributed by atoms with E-state index in [0.29, 0.717) is 18.7 Å². The van der Waals surface area contributed by atoms with Crippen LogP contribution < -0.4 is 0 Å². The first-order chi connectivity index (χ1) is 16.9. The van der Waals surface area contributed by atoms with Crippen LogP contribution in [0.3, 0.4) is 0 Å². The van der Waals surface area contributed by atoms with Crippen molar-refractivity contribution in [1.29, 1.82) is 0 Å². The first-order valence-electron chi connectivity index (χ1n) is 13.1. The van der Waals surface area contributed by atoms with Gasteiger partial charge in [-0.1, -0.05) is 46.8 Å². The molecule has 0 fully saturated rings. The molecule has 3 aromatic rings. The molecule has 35 heavy (non-hydrogen) atoms. The molecule has 1 amide bonds. The molecular formula is C29H41FN4O. The van der Waals surface area contributed by atoms with Gasteiger partial charge in [0.15, 0.2) is 0 Å². The highest BCUT2D eigenvalue weighted by Crippen LogP contribution is 2.22. The molecule has 0 aliphatic heterocycles. The van der Waals surface area contributed by atoms with Gasteiger partial charge in [0.2, 0.25) is 0 Å². The summed E-state index contributed by atoms with van der Waals surface area (Å²) in [6, 6.07) is 12.5. The molecule has 190 valence electrons. The van der Waals surface area contributed by atoms with Crippen molar-refractivity contribution in [1.82, 2.24) is 19.4 Å². The number of aromatic nitrogens is 2. The zero-order valence-electron chi connectivity index (χ0n) is 22.1. The summed E-state index contributed by atoms with van der Waals surface area (Å²) in [5.74, 6) is 0.602. The molecule has 0 saturated carbocycles. The Labute approximate surface area is 209 Å². The van der Waals surface area contributed by atoms with Crippen molar-refractivity contribution in [3.63, 3.8) is 0 Å². The van der Waals surface area contributed by atoms with Crippen LogP contribution in [0.4, 0.5) is 4.39 Å². The highest BCUT2D eigenvalue weighted by Gasteiger charge is 2.21. The summed E-state index contributed by atoms with van der Waals surface area (Å²) in [5, 5.41) is 0. The molecule has 1 heterocycles. The van der Waals surface area contributed by atoms with Crippen LogP contribution in [0.25, 0.3) is 11.0 Å². The molecule has 2 aromatic carbocycles. The maximum atomic E-state index is 13.8. The third-order valence-corrected chi connectivity index (χ3v) is 6.10. The maximum Gasteiger partial charge on any atom is 0.254 e. The maximum absolute atomic E-state index is 13.8. The summed E-state index contributed by atoms with van der Waals surface area (Å²) in [4.78, 5) is 22.6. The van der Waals surface area contributed by atoms with Crippen LogP contribution in [-0.2, 0) is 19.6 Å². The number of imidazole rings is 1. The van der Waals surface area contributed by atoms with E-state index < -0.39 is 5.82 Å². The fraction of sp³-hybridized carbons (Fsp3) is 0.517. The number of carbonyl (C=O) groups is 1. The summed E-state index contributed by atoms with van der Waals surface area (Å²) < 4.78 is 16.1. The predicted octanol–water partition coefficient (Wildman–Crippen LogP) is 6.51. The summed E-state index contributed by atoms with van der Waals surface area (Å²) in [5.41, 5.74) is 3.72. The second kappa shape index (κ2) is 12.8. The highest BCUT2D eigenvalue weighted by molar-refractivity contribution is 5.94. The predicted molar refractivity (Wildman–Crippen MR) is 142 cm³/mol. The van der Waals surface area contributed by atoms with Gasteiger partial charge in [-0.25, -0.2) is 9.37 Å². The minimum absolute atomic E-state index is 0.163. The van der Waals surface area contributed by atoms with Gasteiger partial charge in [-0.05, 0) is 74.2 Å². The van der Waals surface area contributed by atoms with Crippen LogP contribution in [-0.4, -0.2) is 44.9 Å². The molecular weight excluding hydrogens is 439 g/mol. The Morgan fingerprint density at radius 2 is 1.74 bits per heavy atom. The van der Waals surface area contributed by atoms with Crippen molar-refractivity contribution in [3.05, 3.63) is 65.2 Å². The number of amides is 1. The van der Waals surface area contributed by atoms with Gasteiger partial charge >= 0.3 is 0 Å². The van der Waals surface area contributed by atoms with Gasteiger partial charge in [0.25, 0.3) is 5.91 Å². The van der Waals surface area contributed by atoms with Gasteiger partial charge in [0, 0.05) is 25.2 Å². The SMILES string of the molecule is CCCN(CCC)Cc1ccc2c(c1)nc(CN(CC(C)C)C(=O)c1cccc(F)c1)n2CCC. The summed E-state index contributed by atoms with van der Waals surface area (Å²) in [7, 11) is 0. The fourth-order valence-corrected chi connectivity index (χ4v) is 4.71. The van der Waals surface area contributed by atoms with Crippen LogP contribution >= 0.6 is 0 Å². The van der Waals surface area contributed by atoms with E-state index in [1.165, 1.54) is 17.7 Å². The minimum atomic E-state index is -0.397. The van der Waals surface area contributed by atoms with Crippen molar-refractivity contribution in [3.8, 4) is 0 Å².